The van der Waals surface area contributed by atoms with Crippen LogP contribution in [0.3, 0.4) is 0 Å². The van der Waals surface area contributed by atoms with Crippen LogP contribution in [0.2, 0.25) is 0 Å². The monoisotopic (exact) mass is 325 g/mol. The number of ether oxygens (including phenoxy) is 2. The van der Waals surface area contributed by atoms with E-state index in [9.17, 15) is 5.11 Å². The van der Waals surface area contributed by atoms with Gasteiger partial charge in [0.2, 0.25) is 0 Å². The van der Waals surface area contributed by atoms with Crippen molar-refractivity contribution in [1.82, 2.24) is 4.90 Å². The Kier molecular flexibility index (Phi) is 3.79. The normalized spacial score (nSPS) is 40.0. The minimum atomic E-state index is -0.358. The van der Waals surface area contributed by atoms with Crippen molar-refractivity contribution in [3.63, 3.8) is 0 Å². The van der Waals surface area contributed by atoms with Gasteiger partial charge in [-0.25, -0.2) is 0 Å². The second-order valence-electron chi connectivity index (χ2n) is 7.46. The zero-order valence-electron chi connectivity index (χ0n) is 13.2. The second kappa shape index (κ2) is 5.37. The Hall–Kier alpha value is -0.260. The molecule has 1 aromatic rings. The third-order valence-electron chi connectivity index (χ3n) is 6.77. The second-order valence-corrected chi connectivity index (χ2v) is 7.46. The molecule has 23 heavy (non-hydrogen) atoms. The van der Waals surface area contributed by atoms with Crippen LogP contribution in [-0.2, 0) is 11.8 Å². The average Bonchev–Trinajstić information content (AvgIpc) is 2.88. The number of likely N-dealkylation sites (tertiary alicyclic amines) is 1. The van der Waals surface area contributed by atoms with Gasteiger partial charge in [0, 0.05) is 17.0 Å². The molecule has 2 bridgehead atoms. The number of benzene rings is 1. The number of aliphatic hydroxyl groups excluding tert-OH is 1. The SMILES string of the molecule is COc1ccc2c3c1O[C@H]1[C@@H](O)CC[C@H]4[C@@H](C2)N(C)CC[C@@]341.[NaH]. The van der Waals surface area contributed by atoms with Gasteiger partial charge in [0.05, 0.1) is 13.2 Å². The Bertz CT molecular complexity index is 651. The Labute approximate surface area is 159 Å². The summed E-state index contributed by atoms with van der Waals surface area (Å²) in [6.45, 7) is 1.09. The molecule has 5 atom stereocenters. The number of rotatable bonds is 1. The van der Waals surface area contributed by atoms with Crippen LogP contribution in [-0.4, -0.2) is 78.5 Å². The fraction of sp³-hybridized carbons (Fsp3) is 0.667. The van der Waals surface area contributed by atoms with Crippen molar-refractivity contribution in [2.45, 2.75) is 49.3 Å². The first-order valence-corrected chi connectivity index (χ1v) is 8.42. The zero-order chi connectivity index (χ0) is 15.1. The molecule has 4 nitrogen and oxygen atoms in total. The van der Waals surface area contributed by atoms with Crippen LogP contribution in [0.4, 0.5) is 0 Å². The van der Waals surface area contributed by atoms with Gasteiger partial charge in [0.1, 0.15) is 6.10 Å². The van der Waals surface area contributed by atoms with Crippen LogP contribution in [0.5, 0.6) is 11.5 Å². The van der Waals surface area contributed by atoms with E-state index in [2.05, 4.69) is 18.0 Å². The number of piperidine rings is 1. The summed E-state index contributed by atoms with van der Waals surface area (Å²) in [5.74, 6) is 2.34. The van der Waals surface area contributed by atoms with Crippen LogP contribution < -0.4 is 9.47 Å². The third-order valence-corrected chi connectivity index (χ3v) is 6.77. The molecule has 0 aromatic heterocycles. The van der Waals surface area contributed by atoms with Gasteiger partial charge < -0.3 is 19.5 Å². The molecule has 1 aromatic carbocycles. The fourth-order valence-electron chi connectivity index (χ4n) is 5.86. The van der Waals surface area contributed by atoms with Crippen LogP contribution in [0, 0.1) is 5.92 Å². The van der Waals surface area contributed by atoms with Crippen LogP contribution in [0.25, 0.3) is 0 Å². The molecule has 1 N–H and O–H groups in total. The van der Waals surface area contributed by atoms with E-state index in [0.717, 1.165) is 43.7 Å². The topological polar surface area (TPSA) is 41.9 Å². The molecule has 1 saturated heterocycles. The summed E-state index contributed by atoms with van der Waals surface area (Å²) in [5, 5.41) is 10.6. The van der Waals surface area contributed by atoms with Crippen molar-refractivity contribution in [3.8, 4) is 11.5 Å². The molecular formula is C18H24NNaO3. The Morgan fingerprint density at radius 3 is 2.96 bits per heavy atom. The molecule has 0 radical (unpaired) electrons. The van der Waals surface area contributed by atoms with Gasteiger partial charge in [-0.05, 0) is 56.8 Å². The molecule has 2 heterocycles. The molecule has 2 fully saturated rings. The summed E-state index contributed by atoms with van der Waals surface area (Å²) < 4.78 is 11.9. The third kappa shape index (κ3) is 1.85. The van der Waals surface area contributed by atoms with Crippen molar-refractivity contribution in [3.05, 3.63) is 23.3 Å². The first kappa shape index (κ1) is 16.2. The van der Waals surface area contributed by atoms with Crippen LogP contribution >= 0.6 is 0 Å². The summed E-state index contributed by atoms with van der Waals surface area (Å²) in [6, 6.07) is 4.83. The van der Waals surface area contributed by atoms with Crippen molar-refractivity contribution in [1.29, 1.82) is 0 Å². The van der Waals surface area contributed by atoms with E-state index < -0.39 is 0 Å². The van der Waals surface area contributed by atoms with Gasteiger partial charge in [-0.15, -0.1) is 0 Å². The van der Waals surface area contributed by atoms with E-state index in [-0.39, 0.29) is 47.2 Å². The summed E-state index contributed by atoms with van der Waals surface area (Å²) in [4.78, 5) is 2.52. The molecule has 0 amide bonds. The van der Waals surface area contributed by atoms with Crippen LogP contribution in [0.1, 0.15) is 30.4 Å². The summed E-state index contributed by atoms with van der Waals surface area (Å²) >= 11 is 0. The molecule has 0 unspecified atom stereocenters. The van der Waals surface area contributed by atoms with Crippen molar-refractivity contribution in [2.75, 3.05) is 20.7 Å². The molecule has 120 valence electrons. The molecule has 4 aliphatic rings. The summed E-state index contributed by atoms with van der Waals surface area (Å²) in [6.07, 6.45) is 3.69. The van der Waals surface area contributed by atoms with Gasteiger partial charge in [-0.2, -0.15) is 0 Å². The molecule has 2 aliphatic carbocycles. The van der Waals surface area contributed by atoms with E-state index in [1.807, 2.05) is 6.07 Å². The minimum absolute atomic E-state index is 0. The first-order valence-electron chi connectivity index (χ1n) is 8.42. The van der Waals surface area contributed by atoms with Crippen molar-refractivity contribution >= 4 is 29.6 Å². The molecule has 1 spiro atoms. The van der Waals surface area contributed by atoms with Gasteiger partial charge in [0.25, 0.3) is 0 Å². The van der Waals surface area contributed by atoms with E-state index in [4.69, 9.17) is 9.47 Å². The van der Waals surface area contributed by atoms with Crippen molar-refractivity contribution in [2.24, 2.45) is 5.92 Å². The number of likely N-dealkylation sites (N-methyl/N-ethyl adjacent to an activating group) is 1. The summed E-state index contributed by atoms with van der Waals surface area (Å²) in [5.41, 5.74) is 2.77. The Balaban J connectivity index is 0.00000135. The maximum atomic E-state index is 10.6. The number of aliphatic hydroxyl groups is 1. The molecule has 2 aliphatic heterocycles. The quantitative estimate of drug-likeness (QED) is 0.785. The van der Waals surface area contributed by atoms with Crippen LogP contribution in [0.15, 0.2) is 12.1 Å². The van der Waals surface area contributed by atoms with Gasteiger partial charge in [0.15, 0.2) is 11.5 Å². The fourth-order valence-corrected chi connectivity index (χ4v) is 5.86. The van der Waals surface area contributed by atoms with E-state index in [1.165, 1.54) is 11.1 Å². The Morgan fingerprint density at radius 2 is 2.17 bits per heavy atom. The standard InChI is InChI=1S/C18H23NO3.Na.H/c1-19-8-7-18-11-4-5-13(20)17(18)22-16-14(21-2)6-3-10(15(16)18)9-12(11)19;;/h3,6,11-13,17,20H,4-5,7-9H2,1-2H3;;/t11-,12+,13-,17-,18-;;/m0../s1. The number of nitrogens with zero attached hydrogens (tertiary/aromatic N) is 1. The number of methoxy groups -OCH3 is 1. The van der Waals surface area contributed by atoms with Gasteiger partial charge >= 0.3 is 29.6 Å². The van der Waals surface area contributed by atoms with Crippen molar-refractivity contribution < 1.29 is 14.6 Å². The summed E-state index contributed by atoms with van der Waals surface area (Å²) in [7, 11) is 3.96. The number of hydrogen-bond donors (Lipinski definition) is 1. The maximum absolute atomic E-state index is 10.6. The Morgan fingerprint density at radius 1 is 1.35 bits per heavy atom. The average molecular weight is 325 g/mol. The predicted molar refractivity (Wildman–Crippen MR) is 89.7 cm³/mol. The predicted octanol–water partition coefficient (Wildman–Crippen LogP) is 1.08. The molecule has 1 saturated carbocycles. The zero-order valence-corrected chi connectivity index (χ0v) is 13.2. The molecule has 5 heteroatoms. The van der Waals surface area contributed by atoms with E-state index >= 15 is 0 Å². The van der Waals surface area contributed by atoms with E-state index in [1.54, 1.807) is 7.11 Å². The first-order chi connectivity index (χ1) is 10.7. The number of hydrogen-bond acceptors (Lipinski definition) is 4. The molecular weight excluding hydrogens is 301 g/mol. The molecule has 5 rings (SSSR count). The van der Waals surface area contributed by atoms with Gasteiger partial charge in [-0.3, -0.25) is 0 Å². The van der Waals surface area contributed by atoms with E-state index in [0.29, 0.717) is 12.0 Å². The van der Waals surface area contributed by atoms with Gasteiger partial charge in [-0.1, -0.05) is 6.07 Å².